The summed E-state index contributed by atoms with van der Waals surface area (Å²) in [5, 5.41) is 26.1. The van der Waals surface area contributed by atoms with E-state index >= 15 is 0 Å². The summed E-state index contributed by atoms with van der Waals surface area (Å²) in [7, 11) is 6.63. The molecular weight excluding hydrogens is 811 g/mol. The van der Waals surface area contributed by atoms with Gasteiger partial charge in [0.2, 0.25) is 0 Å². The molecule has 1 heterocycles. The van der Waals surface area contributed by atoms with E-state index in [2.05, 4.69) is 30.9 Å². The Kier molecular flexibility index (Phi) is 16.2. The van der Waals surface area contributed by atoms with Crippen molar-refractivity contribution in [2.24, 2.45) is 34.5 Å². The molecule has 1 spiro atoms. The monoisotopic (exact) mass is 888 g/mol. The first-order chi connectivity index (χ1) is 31.1. The number of allylic oxidation sites excluding steroid dienone is 7. The van der Waals surface area contributed by atoms with Crippen molar-refractivity contribution in [3.63, 3.8) is 0 Å². The predicted octanol–water partition coefficient (Wildman–Crippen LogP) is 8.19. The quantitative estimate of drug-likeness (QED) is 0.0451. The third kappa shape index (κ3) is 8.32. The maximum absolute atomic E-state index is 14.5. The number of likely N-dealkylation sites (tertiary alicyclic amines) is 1. The summed E-state index contributed by atoms with van der Waals surface area (Å²) < 4.78 is 38.8. The number of benzene rings is 1. The minimum atomic E-state index is -1.82. The average Bonchev–Trinajstić information content (AvgIpc) is 3.68. The van der Waals surface area contributed by atoms with Gasteiger partial charge in [0.25, 0.3) is 0 Å². The van der Waals surface area contributed by atoms with Gasteiger partial charge in [-0.15, -0.1) is 0 Å². The van der Waals surface area contributed by atoms with Crippen LogP contribution in [0, 0.1) is 34.5 Å². The largest absolute Gasteiger partial charge is 0.455 e. The number of piperidine rings is 1. The fourth-order valence-electron chi connectivity index (χ4n) is 14.6. The van der Waals surface area contributed by atoms with E-state index in [4.69, 9.17) is 28.4 Å². The van der Waals surface area contributed by atoms with Crippen molar-refractivity contribution in [3.8, 4) is 0 Å². The van der Waals surface area contributed by atoms with Gasteiger partial charge < -0.3 is 38.6 Å². The summed E-state index contributed by atoms with van der Waals surface area (Å²) in [6, 6.07) is 8.42. The number of carbonyl (C=O) groups excluding carboxylic acids is 2. The van der Waals surface area contributed by atoms with Gasteiger partial charge in [0.1, 0.15) is 23.9 Å². The van der Waals surface area contributed by atoms with E-state index in [9.17, 15) is 19.8 Å². The molecule has 11 heteroatoms. The summed E-state index contributed by atoms with van der Waals surface area (Å²) in [5.74, 6) is -3.31. The van der Waals surface area contributed by atoms with Gasteiger partial charge in [-0.3, -0.25) is 4.90 Å². The lowest BCUT2D eigenvalue weighted by Crippen LogP contribution is -2.81. The van der Waals surface area contributed by atoms with Crippen LogP contribution in [0.3, 0.4) is 0 Å². The summed E-state index contributed by atoms with van der Waals surface area (Å²) in [4.78, 5) is 31.0. The smallest absolute Gasteiger partial charge is 0.338 e. The summed E-state index contributed by atoms with van der Waals surface area (Å²) >= 11 is 0. The average molecular weight is 888 g/mol. The summed E-state index contributed by atoms with van der Waals surface area (Å²) in [5.41, 5.74) is -4.21. The summed E-state index contributed by atoms with van der Waals surface area (Å²) in [6.07, 6.45) is 26.1. The summed E-state index contributed by atoms with van der Waals surface area (Å²) in [6.45, 7) is 6.29. The van der Waals surface area contributed by atoms with Gasteiger partial charge in [-0.2, -0.15) is 0 Å². The van der Waals surface area contributed by atoms with Crippen molar-refractivity contribution in [2.45, 2.75) is 152 Å². The molecule has 7 rings (SSSR count). The SMILES string of the molecule is CCCCCCCCCCCC/C=C/C=C/C=C/C=C/C(=O)O[C@]12[C@H]3[C@@H](OC(=O)c4ccccc4)[C@](O)(C[C@H]3[C@@]34C5[C@@H]1[C@H](OC)[C@@H]3[C@@](COC)(CC[C@@H]4OC)CN5CC)[C@@H](OC)[C@@H]2O. The molecule has 1 aromatic carbocycles. The van der Waals surface area contributed by atoms with E-state index in [0.717, 1.165) is 25.8 Å². The molecule has 5 saturated carbocycles. The third-order valence-electron chi connectivity index (χ3n) is 16.6. The minimum Gasteiger partial charge on any atom is -0.455 e. The number of aliphatic hydroxyl groups is 2. The highest BCUT2D eigenvalue weighted by Crippen LogP contribution is 2.80. The predicted molar refractivity (Wildman–Crippen MR) is 246 cm³/mol. The zero-order valence-corrected chi connectivity index (χ0v) is 39.4. The van der Waals surface area contributed by atoms with Crippen LogP contribution < -0.4 is 0 Å². The molecule has 64 heavy (non-hydrogen) atoms. The maximum atomic E-state index is 14.5. The van der Waals surface area contributed by atoms with Gasteiger partial charge in [-0.05, 0) is 56.7 Å². The lowest BCUT2D eigenvalue weighted by molar-refractivity contribution is -0.316. The third-order valence-corrected chi connectivity index (χ3v) is 16.6. The Bertz CT molecular complexity index is 1830. The van der Waals surface area contributed by atoms with Crippen LogP contribution in [-0.4, -0.2) is 123 Å². The van der Waals surface area contributed by atoms with Crippen molar-refractivity contribution in [1.29, 1.82) is 0 Å². The number of nitrogens with zero attached hydrogens (tertiary/aromatic N) is 1. The number of methoxy groups -OCH3 is 4. The number of carbonyl (C=O) groups is 2. The molecular formula is C53H77NO10. The highest BCUT2D eigenvalue weighted by Gasteiger charge is 2.91. The second kappa shape index (κ2) is 21.2. The number of esters is 2. The van der Waals surface area contributed by atoms with Crippen LogP contribution in [-0.2, 0) is 33.2 Å². The molecule has 1 aromatic rings. The molecule has 0 aromatic heterocycles. The molecule has 1 aliphatic heterocycles. The Morgan fingerprint density at radius 1 is 0.812 bits per heavy atom. The highest BCUT2D eigenvalue weighted by molar-refractivity contribution is 5.89. The first kappa shape index (κ1) is 48.8. The Balaban J connectivity index is 1.16. The maximum Gasteiger partial charge on any atom is 0.338 e. The second-order valence-electron chi connectivity index (χ2n) is 19.7. The number of hydrogen-bond donors (Lipinski definition) is 2. The fourth-order valence-corrected chi connectivity index (χ4v) is 14.6. The van der Waals surface area contributed by atoms with E-state index in [1.165, 1.54) is 77.4 Å². The van der Waals surface area contributed by atoms with Crippen LogP contribution in [0.15, 0.2) is 78.9 Å². The molecule has 0 amide bonds. The number of fused-ring (bicyclic) bond motifs is 2. The van der Waals surface area contributed by atoms with Crippen LogP contribution in [0.2, 0.25) is 0 Å². The zero-order valence-electron chi connectivity index (χ0n) is 39.4. The van der Waals surface area contributed by atoms with Gasteiger partial charge in [0, 0.05) is 75.7 Å². The molecule has 5 aliphatic carbocycles. The number of unbranched alkanes of at least 4 members (excludes halogenated alkanes) is 10. The van der Waals surface area contributed by atoms with Gasteiger partial charge in [0.15, 0.2) is 5.60 Å². The molecule has 7 bridgehead atoms. The first-order valence-electron chi connectivity index (χ1n) is 24.5. The van der Waals surface area contributed by atoms with Crippen molar-refractivity contribution in [3.05, 3.63) is 84.5 Å². The fraction of sp³-hybridized carbons (Fsp3) is 0.698. The molecule has 6 aliphatic rings. The van der Waals surface area contributed by atoms with E-state index in [-0.39, 0.29) is 29.9 Å². The van der Waals surface area contributed by atoms with E-state index < -0.39 is 70.7 Å². The van der Waals surface area contributed by atoms with Crippen LogP contribution >= 0.6 is 0 Å². The van der Waals surface area contributed by atoms with Crippen LogP contribution in [0.25, 0.3) is 0 Å². The molecule has 14 atom stereocenters. The standard InChI is InChI=1S/C53H77NO10/c1-7-9-10-11-12-13-14-15-16-17-18-19-20-21-22-23-24-28-31-40(55)64-53-41-38(34-51(58,48(62-6)46(53)56)47(41)63-49(57)37-29-26-25-27-30-37)52-39(60-4)32-33-50(36-59-3)35-54(8-2)45(52)42(53)43(61-5)44(50)52/h19-31,38-39,41-48,56,58H,7-18,32-36H2,1-6H3/b20-19+,22-21+,24-23+,31-28+/t38-,39+,41-,42+,43+,44-,45?,46+,47-,48+,50+,51-,52+,53-/m1/s1. The highest BCUT2D eigenvalue weighted by atomic mass is 16.6. The van der Waals surface area contributed by atoms with Crippen molar-refractivity contribution in [1.82, 2.24) is 4.90 Å². The van der Waals surface area contributed by atoms with Gasteiger partial charge >= 0.3 is 11.9 Å². The number of rotatable bonds is 24. The molecule has 1 unspecified atom stereocenters. The van der Waals surface area contributed by atoms with Gasteiger partial charge in [-0.1, -0.05) is 132 Å². The molecule has 1 saturated heterocycles. The molecule has 0 radical (unpaired) electrons. The van der Waals surface area contributed by atoms with Gasteiger partial charge in [-0.25, -0.2) is 9.59 Å². The van der Waals surface area contributed by atoms with E-state index in [1.54, 1.807) is 57.7 Å². The lowest BCUT2D eigenvalue weighted by atomic mass is 9.43. The van der Waals surface area contributed by atoms with Crippen LogP contribution in [0.5, 0.6) is 0 Å². The molecule has 354 valence electrons. The molecule has 6 fully saturated rings. The number of aliphatic hydroxyl groups excluding tert-OH is 1. The topological polar surface area (TPSA) is 133 Å². The zero-order chi connectivity index (χ0) is 45.5. The normalized spacial score (nSPS) is 38.6. The number of hydrogen-bond acceptors (Lipinski definition) is 11. The number of ether oxygens (including phenoxy) is 6. The van der Waals surface area contributed by atoms with Crippen molar-refractivity contribution in [2.75, 3.05) is 48.1 Å². The van der Waals surface area contributed by atoms with E-state index in [1.807, 2.05) is 24.3 Å². The Hall–Kier alpha value is -3.16. The van der Waals surface area contributed by atoms with Crippen LogP contribution in [0.1, 0.15) is 114 Å². The van der Waals surface area contributed by atoms with Crippen LogP contribution in [0.4, 0.5) is 0 Å². The Labute approximate surface area is 382 Å². The van der Waals surface area contributed by atoms with E-state index in [0.29, 0.717) is 18.7 Å². The van der Waals surface area contributed by atoms with Crippen molar-refractivity contribution < 1.29 is 48.2 Å². The molecule has 11 nitrogen and oxygen atoms in total. The lowest BCUT2D eigenvalue weighted by Gasteiger charge is -2.69. The Morgan fingerprint density at radius 2 is 1.48 bits per heavy atom. The van der Waals surface area contributed by atoms with Crippen molar-refractivity contribution >= 4 is 11.9 Å². The minimum absolute atomic E-state index is 0.133. The Morgan fingerprint density at radius 3 is 2.12 bits per heavy atom. The van der Waals surface area contributed by atoms with Gasteiger partial charge in [0.05, 0.1) is 24.4 Å². The first-order valence-corrected chi connectivity index (χ1v) is 24.5. The second-order valence-corrected chi connectivity index (χ2v) is 19.7. The molecule has 2 N–H and O–H groups in total.